The van der Waals surface area contributed by atoms with Gasteiger partial charge in [-0.05, 0) is 0 Å². The second-order valence-electron chi connectivity index (χ2n) is 4.39. The number of rotatable bonds is 12. The largest absolute Gasteiger partial charge is 0.481 e. The summed E-state index contributed by atoms with van der Waals surface area (Å²) < 4.78 is 4.91. The highest BCUT2D eigenvalue weighted by Gasteiger charge is 2.17. The Kier molecular flexibility index (Phi) is 14.3. The lowest BCUT2D eigenvalue weighted by atomic mass is 10.2. The number of aliphatic hydroxyl groups excluding tert-OH is 1. The van der Waals surface area contributed by atoms with Gasteiger partial charge in [0.15, 0.2) is 0 Å². The van der Waals surface area contributed by atoms with Crippen LogP contribution >= 0.6 is 0 Å². The monoisotopic (exact) mass is 353 g/mol. The van der Waals surface area contributed by atoms with E-state index in [4.69, 9.17) is 36.6 Å². The third-order valence-electron chi connectivity index (χ3n) is 2.31. The van der Waals surface area contributed by atoms with Crippen LogP contribution < -0.4 is 16.8 Å². The zero-order valence-corrected chi connectivity index (χ0v) is 12.9. The molecule has 140 valence electrons. The smallest absolute Gasteiger partial charge is 0.321 e. The number of carbonyl (C=O) groups excluding carboxylic acids is 1. The number of hydrogen-bond acceptors (Lipinski definition) is 8. The predicted molar refractivity (Wildman–Crippen MR) is 79.0 cm³/mol. The lowest BCUT2D eigenvalue weighted by Gasteiger charge is -2.12. The molecule has 0 bridgehead atoms. The standard InChI is InChI=1S/C8H16N2O5.C4H7NO4/c9-8(14)6(5-7(12)13)10-1-3-15-4-2-11;5-2(4(8)9)1-3(6)7/h6,10-11H,1-5H2,(H2,9,14)(H,12,13);2H,1,5H2,(H,6,7)(H,8,9)/t6-;2-/m00/s1. The van der Waals surface area contributed by atoms with Crippen molar-refractivity contribution in [3.8, 4) is 0 Å². The predicted octanol–water partition coefficient (Wildman–Crippen LogP) is -3.21. The molecule has 0 aromatic heterocycles. The minimum absolute atomic E-state index is 0.0750. The number of carboxylic acids is 3. The Morgan fingerprint density at radius 2 is 1.54 bits per heavy atom. The highest BCUT2D eigenvalue weighted by Crippen LogP contribution is 1.90. The van der Waals surface area contributed by atoms with E-state index >= 15 is 0 Å². The quantitative estimate of drug-likeness (QED) is 0.173. The zero-order chi connectivity index (χ0) is 19.1. The number of carbonyl (C=O) groups is 4. The van der Waals surface area contributed by atoms with E-state index in [2.05, 4.69) is 5.32 Å². The Hall–Kier alpha value is -2.28. The van der Waals surface area contributed by atoms with E-state index in [1.165, 1.54) is 0 Å². The first kappa shape index (κ1) is 24.0. The van der Waals surface area contributed by atoms with Crippen LogP contribution in [0.25, 0.3) is 0 Å². The molecule has 12 nitrogen and oxygen atoms in total. The van der Waals surface area contributed by atoms with E-state index < -0.39 is 42.3 Å². The normalized spacial score (nSPS) is 12.4. The van der Waals surface area contributed by atoms with E-state index in [0.29, 0.717) is 6.54 Å². The maximum absolute atomic E-state index is 10.8. The summed E-state index contributed by atoms with van der Waals surface area (Å²) >= 11 is 0. The van der Waals surface area contributed by atoms with Crippen LogP contribution in [0.2, 0.25) is 0 Å². The molecule has 0 spiro atoms. The molecular weight excluding hydrogens is 330 g/mol. The lowest BCUT2D eigenvalue weighted by Crippen LogP contribution is -2.44. The highest BCUT2D eigenvalue weighted by atomic mass is 16.5. The van der Waals surface area contributed by atoms with Crippen molar-refractivity contribution in [1.29, 1.82) is 0 Å². The van der Waals surface area contributed by atoms with E-state index in [9.17, 15) is 19.2 Å². The van der Waals surface area contributed by atoms with Gasteiger partial charge in [0.05, 0.1) is 38.7 Å². The number of hydrogen-bond donors (Lipinski definition) is 7. The van der Waals surface area contributed by atoms with Crippen LogP contribution in [0.3, 0.4) is 0 Å². The number of aliphatic hydroxyl groups is 1. The van der Waals surface area contributed by atoms with E-state index in [1.807, 2.05) is 0 Å². The molecule has 0 aromatic carbocycles. The molecule has 12 heteroatoms. The van der Waals surface area contributed by atoms with Gasteiger partial charge in [0.2, 0.25) is 5.91 Å². The van der Waals surface area contributed by atoms with Gasteiger partial charge in [-0.1, -0.05) is 0 Å². The molecule has 0 fully saturated rings. The van der Waals surface area contributed by atoms with Gasteiger partial charge >= 0.3 is 17.9 Å². The van der Waals surface area contributed by atoms with Crippen molar-refractivity contribution in [1.82, 2.24) is 5.32 Å². The minimum atomic E-state index is -1.29. The second-order valence-corrected chi connectivity index (χ2v) is 4.39. The van der Waals surface area contributed by atoms with Crippen molar-refractivity contribution in [2.45, 2.75) is 24.9 Å². The first-order chi connectivity index (χ1) is 11.1. The topological polar surface area (TPSA) is 222 Å². The van der Waals surface area contributed by atoms with Crippen molar-refractivity contribution < 1.29 is 44.3 Å². The summed E-state index contributed by atoms with van der Waals surface area (Å²) in [4.78, 5) is 40.7. The van der Waals surface area contributed by atoms with Crippen molar-refractivity contribution in [3.05, 3.63) is 0 Å². The SMILES string of the molecule is NC(=O)[C@H](CC(=O)O)NCCOCCO.N[C@@H](CC(=O)O)C(=O)O. The molecule has 0 aromatic rings. The zero-order valence-electron chi connectivity index (χ0n) is 12.9. The summed E-state index contributed by atoms with van der Waals surface area (Å²) in [5, 5.41) is 35.5. The number of nitrogens with two attached hydrogens (primary N) is 2. The fraction of sp³-hybridized carbons (Fsp3) is 0.667. The van der Waals surface area contributed by atoms with Gasteiger partial charge in [0.1, 0.15) is 6.04 Å². The number of aliphatic carboxylic acids is 3. The molecule has 0 aliphatic carbocycles. The Labute approximate surface area is 137 Å². The Morgan fingerprint density at radius 3 is 1.88 bits per heavy atom. The van der Waals surface area contributed by atoms with Gasteiger partial charge in [0.25, 0.3) is 0 Å². The van der Waals surface area contributed by atoms with Crippen molar-refractivity contribution in [3.63, 3.8) is 0 Å². The van der Waals surface area contributed by atoms with E-state index in [-0.39, 0.29) is 26.2 Å². The van der Waals surface area contributed by atoms with Crippen LogP contribution in [0.4, 0.5) is 0 Å². The van der Waals surface area contributed by atoms with Crippen LogP contribution in [0.5, 0.6) is 0 Å². The molecule has 0 unspecified atom stereocenters. The van der Waals surface area contributed by atoms with Gasteiger partial charge in [0, 0.05) is 6.54 Å². The molecule has 0 aliphatic heterocycles. The molecule has 0 saturated heterocycles. The molecule has 0 aliphatic rings. The van der Waals surface area contributed by atoms with Crippen molar-refractivity contribution in [2.75, 3.05) is 26.4 Å². The Bertz CT molecular complexity index is 417. The summed E-state index contributed by atoms with van der Waals surface area (Å²) in [6, 6.07) is -2.18. The van der Waals surface area contributed by atoms with Crippen LogP contribution in [-0.2, 0) is 23.9 Å². The molecule has 9 N–H and O–H groups in total. The fourth-order valence-corrected chi connectivity index (χ4v) is 1.20. The average Bonchev–Trinajstić information content (AvgIpc) is 2.45. The van der Waals surface area contributed by atoms with E-state index in [0.717, 1.165) is 0 Å². The molecule has 0 heterocycles. The molecule has 1 amide bonds. The maximum atomic E-state index is 10.8. The third kappa shape index (κ3) is 16.1. The molecule has 0 saturated carbocycles. The van der Waals surface area contributed by atoms with Crippen LogP contribution in [0.1, 0.15) is 12.8 Å². The number of carboxylic acid groups (broad SMARTS) is 3. The minimum Gasteiger partial charge on any atom is -0.481 e. The first-order valence-electron chi connectivity index (χ1n) is 6.75. The van der Waals surface area contributed by atoms with Gasteiger partial charge < -0.3 is 41.9 Å². The first-order valence-corrected chi connectivity index (χ1v) is 6.75. The number of primary amides is 1. The fourth-order valence-electron chi connectivity index (χ4n) is 1.20. The number of nitrogens with one attached hydrogen (secondary N) is 1. The Balaban J connectivity index is 0. The molecular formula is C12H23N3O9. The van der Waals surface area contributed by atoms with Crippen LogP contribution in [0, 0.1) is 0 Å². The molecule has 2 atom stereocenters. The van der Waals surface area contributed by atoms with Gasteiger partial charge in [-0.15, -0.1) is 0 Å². The summed E-state index contributed by atoms with van der Waals surface area (Å²) in [7, 11) is 0. The third-order valence-corrected chi connectivity index (χ3v) is 2.31. The van der Waals surface area contributed by atoms with Crippen LogP contribution in [-0.4, -0.2) is 82.7 Å². The number of ether oxygens (including phenoxy) is 1. The van der Waals surface area contributed by atoms with Crippen molar-refractivity contribution in [2.24, 2.45) is 11.5 Å². The number of amides is 1. The summed E-state index contributed by atoms with van der Waals surface area (Å²) in [5.74, 6) is -4.30. The molecule has 0 radical (unpaired) electrons. The van der Waals surface area contributed by atoms with Crippen LogP contribution in [0.15, 0.2) is 0 Å². The summed E-state index contributed by atoms with van der Waals surface area (Å²) in [6.07, 6.45) is -0.884. The Morgan fingerprint density at radius 1 is 1.00 bits per heavy atom. The summed E-state index contributed by atoms with van der Waals surface area (Å²) in [5.41, 5.74) is 9.82. The summed E-state index contributed by atoms with van der Waals surface area (Å²) in [6.45, 7) is 0.723. The lowest BCUT2D eigenvalue weighted by molar-refractivity contribution is -0.144. The van der Waals surface area contributed by atoms with Gasteiger partial charge in [-0.25, -0.2) is 0 Å². The highest BCUT2D eigenvalue weighted by molar-refractivity contribution is 5.84. The molecule has 0 rings (SSSR count). The van der Waals surface area contributed by atoms with Gasteiger partial charge in [-0.3, -0.25) is 19.2 Å². The average molecular weight is 353 g/mol. The van der Waals surface area contributed by atoms with Crippen molar-refractivity contribution >= 4 is 23.8 Å². The van der Waals surface area contributed by atoms with Gasteiger partial charge in [-0.2, -0.15) is 0 Å². The van der Waals surface area contributed by atoms with E-state index in [1.54, 1.807) is 0 Å². The maximum Gasteiger partial charge on any atom is 0.321 e. The molecule has 24 heavy (non-hydrogen) atoms. The second kappa shape index (κ2) is 14.3.